The van der Waals surface area contributed by atoms with E-state index in [-0.39, 0.29) is 0 Å². The van der Waals surface area contributed by atoms with E-state index in [0.717, 1.165) is 40.3 Å². The van der Waals surface area contributed by atoms with Gasteiger partial charge in [-0.2, -0.15) is 0 Å². The molecular formula is C12H15BrN4. The highest BCUT2D eigenvalue weighted by Crippen LogP contribution is 2.28. The number of hydrogen-bond donors (Lipinski definition) is 1. The van der Waals surface area contributed by atoms with Gasteiger partial charge in [0.2, 0.25) is 0 Å². The van der Waals surface area contributed by atoms with Crippen LogP contribution in [0.3, 0.4) is 0 Å². The minimum atomic E-state index is 0.720. The molecule has 0 bridgehead atoms. The second-order valence-electron chi connectivity index (χ2n) is 3.95. The van der Waals surface area contributed by atoms with Gasteiger partial charge in [-0.25, -0.2) is 0 Å². The predicted octanol–water partition coefficient (Wildman–Crippen LogP) is 3.01. The van der Waals surface area contributed by atoms with Gasteiger partial charge < -0.3 is 10.3 Å². The summed E-state index contributed by atoms with van der Waals surface area (Å²) in [6.45, 7) is 4.99. The molecule has 0 atom stereocenters. The number of anilines is 1. The van der Waals surface area contributed by atoms with E-state index in [1.807, 2.05) is 25.1 Å². The van der Waals surface area contributed by atoms with Crippen LogP contribution < -0.4 is 5.73 Å². The van der Waals surface area contributed by atoms with E-state index in [1.165, 1.54) is 0 Å². The third-order valence-electron chi connectivity index (χ3n) is 2.64. The Morgan fingerprint density at radius 3 is 2.82 bits per heavy atom. The van der Waals surface area contributed by atoms with Crippen LogP contribution in [-0.2, 0) is 6.54 Å². The number of nitrogens with two attached hydrogens (primary N) is 1. The Balaban J connectivity index is 2.56. The summed E-state index contributed by atoms with van der Waals surface area (Å²) in [6, 6.07) is 5.77. The zero-order valence-corrected chi connectivity index (χ0v) is 11.5. The van der Waals surface area contributed by atoms with Crippen molar-refractivity contribution in [2.45, 2.75) is 26.8 Å². The molecule has 2 rings (SSSR count). The molecule has 0 saturated heterocycles. The minimum absolute atomic E-state index is 0.720. The molecule has 0 aliphatic heterocycles. The predicted molar refractivity (Wildman–Crippen MR) is 72.6 cm³/mol. The van der Waals surface area contributed by atoms with Crippen LogP contribution >= 0.6 is 15.9 Å². The first-order chi connectivity index (χ1) is 8.13. The summed E-state index contributed by atoms with van der Waals surface area (Å²) >= 11 is 3.45. The number of benzene rings is 1. The van der Waals surface area contributed by atoms with E-state index in [0.29, 0.717) is 0 Å². The maximum absolute atomic E-state index is 5.99. The molecule has 1 heterocycles. The monoisotopic (exact) mass is 294 g/mol. The highest BCUT2D eigenvalue weighted by Gasteiger charge is 2.13. The Morgan fingerprint density at radius 1 is 1.35 bits per heavy atom. The summed E-state index contributed by atoms with van der Waals surface area (Å²) < 4.78 is 3.09. The number of nitrogens with zero attached hydrogens (tertiary/aromatic N) is 3. The van der Waals surface area contributed by atoms with Gasteiger partial charge in [0.05, 0.1) is 0 Å². The van der Waals surface area contributed by atoms with Crippen LogP contribution in [0.5, 0.6) is 0 Å². The van der Waals surface area contributed by atoms with Gasteiger partial charge in [-0.3, -0.25) is 0 Å². The number of rotatable bonds is 3. The molecule has 0 amide bonds. The second-order valence-corrected chi connectivity index (χ2v) is 4.87. The molecule has 0 spiro atoms. The molecule has 2 aromatic rings. The molecule has 0 aliphatic carbocycles. The van der Waals surface area contributed by atoms with Crippen molar-refractivity contribution in [3.8, 4) is 11.4 Å². The standard InChI is InChI=1S/C12H15BrN4/c1-3-6-17-8(2)15-16-12(17)10-7-9(13)4-5-11(10)14/h4-5,7H,3,6,14H2,1-2H3. The first kappa shape index (κ1) is 12.1. The van der Waals surface area contributed by atoms with Gasteiger partial charge in [-0.1, -0.05) is 22.9 Å². The van der Waals surface area contributed by atoms with Crippen molar-refractivity contribution in [1.82, 2.24) is 14.8 Å². The number of aryl methyl sites for hydroxylation is 1. The van der Waals surface area contributed by atoms with E-state index in [9.17, 15) is 0 Å². The summed E-state index contributed by atoms with van der Waals surface area (Å²) in [5.74, 6) is 1.75. The fraction of sp³-hybridized carbons (Fsp3) is 0.333. The van der Waals surface area contributed by atoms with E-state index in [2.05, 4.69) is 37.6 Å². The average Bonchev–Trinajstić information content (AvgIpc) is 2.65. The lowest BCUT2D eigenvalue weighted by Gasteiger charge is -2.09. The molecule has 5 heteroatoms. The van der Waals surface area contributed by atoms with Crippen LogP contribution in [0.2, 0.25) is 0 Å². The molecule has 0 fully saturated rings. The third-order valence-corrected chi connectivity index (χ3v) is 3.13. The van der Waals surface area contributed by atoms with Gasteiger partial charge in [0, 0.05) is 22.3 Å². The van der Waals surface area contributed by atoms with Crippen molar-refractivity contribution in [3.05, 3.63) is 28.5 Å². The molecule has 90 valence electrons. The topological polar surface area (TPSA) is 56.7 Å². The molecule has 0 unspecified atom stereocenters. The fourth-order valence-electron chi connectivity index (χ4n) is 1.79. The van der Waals surface area contributed by atoms with Crippen molar-refractivity contribution in [2.24, 2.45) is 0 Å². The molecular weight excluding hydrogens is 280 g/mol. The number of halogens is 1. The Hall–Kier alpha value is -1.36. The first-order valence-corrected chi connectivity index (χ1v) is 6.38. The summed E-state index contributed by atoms with van der Waals surface area (Å²) in [5.41, 5.74) is 7.64. The Bertz CT molecular complexity index is 533. The number of nitrogen functional groups attached to an aromatic ring is 1. The lowest BCUT2D eigenvalue weighted by molar-refractivity contribution is 0.663. The van der Waals surface area contributed by atoms with Gasteiger partial charge in [0.25, 0.3) is 0 Å². The van der Waals surface area contributed by atoms with Crippen LogP contribution in [0.15, 0.2) is 22.7 Å². The van der Waals surface area contributed by atoms with Gasteiger partial charge >= 0.3 is 0 Å². The van der Waals surface area contributed by atoms with Crippen molar-refractivity contribution in [2.75, 3.05) is 5.73 Å². The van der Waals surface area contributed by atoms with Crippen molar-refractivity contribution < 1.29 is 0 Å². The third kappa shape index (κ3) is 2.34. The van der Waals surface area contributed by atoms with Gasteiger partial charge in [-0.15, -0.1) is 10.2 Å². The van der Waals surface area contributed by atoms with Gasteiger partial charge in [-0.05, 0) is 31.5 Å². The summed E-state index contributed by atoms with van der Waals surface area (Å²) in [4.78, 5) is 0. The van der Waals surface area contributed by atoms with Crippen LogP contribution in [0, 0.1) is 6.92 Å². The second kappa shape index (κ2) is 4.87. The first-order valence-electron chi connectivity index (χ1n) is 5.58. The van der Waals surface area contributed by atoms with Gasteiger partial charge in [0.1, 0.15) is 5.82 Å². The summed E-state index contributed by atoms with van der Waals surface area (Å²) in [6.07, 6.45) is 1.04. The maximum atomic E-state index is 5.99. The normalized spacial score (nSPS) is 10.8. The molecule has 1 aromatic heterocycles. The van der Waals surface area contributed by atoms with Crippen molar-refractivity contribution in [1.29, 1.82) is 0 Å². The molecule has 2 N–H and O–H groups in total. The quantitative estimate of drug-likeness (QED) is 0.886. The minimum Gasteiger partial charge on any atom is -0.398 e. The molecule has 17 heavy (non-hydrogen) atoms. The van der Waals surface area contributed by atoms with Crippen molar-refractivity contribution >= 4 is 21.6 Å². The largest absolute Gasteiger partial charge is 0.398 e. The number of aromatic nitrogens is 3. The zero-order valence-electron chi connectivity index (χ0n) is 9.94. The van der Waals surface area contributed by atoms with Crippen LogP contribution in [-0.4, -0.2) is 14.8 Å². The highest BCUT2D eigenvalue weighted by molar-refractivity contribution is 9.10. The Labute approximate surface area is 109 Å². The Kier molecular flexibility index (Phi) is 3.47. The molecule has 0 aliphatic rings. The lowest BCUT2D eigenvalue weighted by atomic mass is 10.1. The summed E-state index contributed by atoms with van der Waals surface area (Å²) in [7, 11) is 0. The summed E-state index contributed by atoms with van der Waals surface area (Å²) in [5, 5.41) is 8.34. The molecule has 4 nitrogen and oxygen atoms in total. The molecule has 0 saturated carbocycles. The Morgan fingerprint density at radius 2 is 2.12 bits per heavy atom. The molecule has 1 aromatic carbocycles. The lowest BCUT2D eigenvalue weighted by Crippen LogP contribution is -2.03. The SMILES string of the molecule is CCCn1c(C)nnc1-c1cc(Br)ccc1N. The van der Waals surface area contributed by atoms with Crippen molar-refractivity contribution in [3.63, 3.8) is 0 Å². The fourth-order valence-corrected chi connectivity index (χ4v) is 2.15. The molecule has 0 radical (unpaired) electrons. The average molecular weight is 295 g/mol. The van der Waals surface area contributed by atoms with E-state index >= 15 is 0 Å². The smallest absolute Gasteiger partial charge is 0.166 e. The van der Waals surface area contributed by atoms with Crippen LogP contribution in [0.4, 0.5) is 5.69 Å². The van der Waals surface area contributed by atoms with Crippen LogP contribution in [0.1, 0.15) is 19.2 Å². The van der Waals surface area contributed by atoms with E-state index < -0.39 is 0 Å². The highest BCUT2D eigenvalue weighted by atomic mass is 79.9. The van der Waals surface area contributed by atoms with E-state index in [4.69, 9.17) is 5.73 Å². The van der Waals surface area contributed by atoms with E-state index in [1.54, 1.807) is 0 Å². The number of hydrogen-bond acceptors (Lipinski definition) is 3. The van der Waals surface area contributed by atoms with Crippen LogP contribution in [0.25, 0.3) is 11.4 Å². The zero-order chi connectivity index (χ0) is 12.4. The van der Waals surface area contributed by atoms with Gasteiger partial charge in [0.15, 0.2) is 5.82 Å². The maximum Gasteiger partial charge on any atom is 0.166 e.